The fourth-order valence-corrected chi connectivity index (χ4v) is 2.20. The Hall–Kier alpha value is -2.13. The second-order valence-electron chi connectivity index (χ2n) is 5.28. The molecule has 1 fully saturated rings. The molecule has 1 aromatic heterocycles. The molecule has 3 nitrogen and oxygen atoms in total. The molecule has 1 aliphatic rings. The topological polar surface area (TPSA) is 34.1 Å². The van der Waals surface area contributed by atoms with Crippen molar-refractivity contribution in [2.45, 2.75) is 32.4 Å². The number of nitrogens with one attached hydrogen (secondary N) is 1. The van der Waals surface area contributed by atoms with E-state index in [0.717, 1.165) is 29.2 Å². The summed E-state index contributed by atoms with van der Waals surface area (Å²) in [6, 6.07) is 10.7. The molecule has 0 amide bonds. The number of hydrogen-bond acceptors (Lipinski definition) is 3. The Bertz CT molecular complexity index is 633. The summed E-state index contributed by atoms with van der Waals surface area (Å²) >= 11 is 0. The number of rotatable bonds is 6. The fraction of sp³-hybridized carbons (Fsp3) is 0.278. The minimum atomic E-state index is 0.682. The van der Waals surface area contributed by atoms with Crippen LogP contribution in [0.5, 0.6) is 11.5 Å². The lowest BCUT2D eigenvalue weighted by Crippen LogP contribution is -2.15. The van der Waals surface area contributed by atoms with Crippen molar-refractivity contribution in [2.24, 2.45) is 0 Å². The van der Waals surface area contributed by atoms with Crippen LogP contribution in [0.4, 0.5) is 0 Å². The molecule has 1 aromatic carbocycles. The Morgan fingerprint density at radius 2 is 2.10 bits per heavy atom. The van der Waals surface area contributed by atoms with Crippen molar-refractivity contribution in [1.29, 1.82) is 0 Å². The molecule has 21 heavy (non-hydrogen) atoms. The van der Waals surface area contributed by atoms with Crippen LogP contribution in [0.1, 0.15) is 30.9 Å². The molecule has 0 atom stereocenters. The molecule has 0 unspecified atom stereocenters. The molecule has 3 rings (SSSR count). The predicted octanol–water partition coefficient (Wildman–Crippen LogP) is 4.16. The first-order chi connectivity index (χ1) is 10.4. The number of nitrogens with zero attached hydrogens (tertiary/aromatic N) is 1. The number of benzene rings is 1. The third-order valence-electron chi connectivity index (χ3n) is 3.51. The minimum Gasteiger partial charge on any atom is -0.455 e. The van der Waals surface area contributed by atoms with E-state index in [2.05, 4.69) is 10.3 Å². The van der Waals surface area contributed by atoms with Gasteiger partial charge in [-0.05, 0) is 31.9 Å². The van der Waals surface area contributed by atoms with Gasteiger partial charge in [-0.3, -0.25) is 4.98 Å². The van der Waals surface area contributed by atoms with Crippen LogP contribution in [0.2, 0.25) is 0 Å². The van der Waals surface area contributed by atoms with Crippen LogP contribution in [-0.2, 0) is 6.54 Å². The lowest BCUT2D eigenvalue weighted by atomic mass is 10.2. The van der Waals surface area contributed by atoms with Gasteiger partial charge in [-0.25, -0.2) is 0 Å². The maximum atomic E-state index is 6.09. The molecule has 108 valence electrons. The first kappa shape index (κ1) is 13.8. The molecule has 0 bridgehead atoms. The highest BCUT2D eigenvalue weighted by atomic mass is 16.5. The Morgan fingerprint density at radius 1 is 1.24 bits per heavy atom. The Labute approximate surface area is 125 Å². The summed E-state index contributed by atoms with van der Waals surface area (Å²) < 4.78 is 6.09. The molecular weight excluding hydrogens is 260 g/mol. The molecule has 1 heterocycles. The quantitative estimate of drug-likeness (QED) is 0.862. The number of aromatic nitrogens is 1. The van der Waals surface area contributed by atoms with E-state index in [1.807, 2.05) is 55.6 Å². The van der Waals surface area contributed by atoms with Gasteiger partial charge < -0.3 is 10.1 Å². The summed E-state index contributed by atoms with van der Waals surface area (Å²) in [4.78, 5) is 4.19. The van der Waals surface area contributed by atoms with Gasteiger partial charge in [0.1, 0.15) is 11.5 Å². The van der Waals surface area contributed by atoms with E-state index in [0.29, 0.717) is 6.04 Å². The van der Waals surface area contributed by atoms with Crippen molar-refractivity contribution in [2.75, 3.05) is 0 Å². The highest BCUT2D eigenvalue weighted by molar-refractivity contribution is 5.57. The van der Waals surface area contributed by atoms with Crippen molar-refractivity contribution in [1.82, 2.24) is 10.3 Å². The lowest BCUT2D eigenvalue weighted by Gasteiger charge is -2.13. The molecular formula is C18H20N2O. The number of pyridine rings is 1. The molecule has 0 aliphatic heterocycles. The van der Waals surface area contributed by atoms with E-state index in [4.69, 9.17) is 4.74 Å². The van der Waals surface area contributed by atoms with Gasteiger partial charge in [-0.1, -0.05) is 30.4 Å². The summed E-state index contributed by atoms with van der Waals surface area (Å²) in [6.45, 7) is 2.83. The highest BCUT2D eigenvalue weighted by Gasteiger charge is 2.20. The maximum absolute atomic E-state index is 6.09. The van der Waals surface area contributed by atoms with Gasteiger partial charge in [0.05, 0.1) is 6.20 Å². The van der Waals surface area contributed by atoms with E-state index in [-0.39, 0.29) is 0 Å². The zero-order chi connectivity index (χ0) is 14.5. The van der Waals surface area contributed by atoms with E-state index in [9.17, 15) is 0 Å². The zero-order valence-electron chi connectivity index (χ0n) is 12.3. The van der Waals surface area contributed by atoms with Crippen molar-refractivity contribution in [3.05, 3.63) is 59.9 Å². The average molecular weight is 280 g/mol. The third-order valence-corrected chi connectivity index (χ3v) is 3.51. The molecule has 0 radical (unpaired) electrons. The Balaban J connectivity index is 1.80. The summed E-state index contributed by atoms with van der Waals surface area (Å²) in [6.07, 6.45) is 10.2. The lowest BCUT2D eigenvalue weighted by molar-refractivity contribution is 0.469. The first-order valence-electron chi connectivity index (χ1n) is 7.42. The number of ether oxygens (including phenoxy) is 1. The van der Waals surface area contributed by atoms with Gasteiger partial charge in [0.15, 0.2) is 0 Å². The summed E-state index contributed by atoms with van der Waals surface area (Å²) in [5, 5.41) is 3.52. The van der Waals surface area contributed by atoms with Crippen LogP contribution in [-0.4, -0.2) is 11.0 Å². The van der Waals surface area contributed by atoms with Gasteiger partial charge in [-0.2, -0.15) is 0 Å². The van der Waals surface area contributed by atoms with Crippen LogP contribution < -0.4 is 10.1 Å². The highest BCUT2D eigenvalue weighted by Crippen LogP contribution is 2.29. The van der Waals surface area contributed by atoms with Crippen LogP contribution in [0.25, 0.3) is 6.08 Å². The van der Waals surface area contributed by atoms with E-state index in [1.54, 1.807) is 6.20 Å². The van der Waals surface area contributed by atoms with Crippen LogP contribution in [0.3, 0.4) is 0 Å². The smallest absolute Gasteiger partial charge is 0.150 e. The van der Waals surface area contributed by atoms with Crippen molar-refractivity contribution >= 4 is 6.08 Å². The standard InChI is InChI=1S/C18H20N2O/c1-2-5-14-6-3-4-7-17(14)21-18-13-19-11-10-15(18)12-20-16-8-9-16/h2-7,10-11,13,16,20H,8-9,12H2,1H3/b5-2+. The Morgan fingerprint density at radius 3 is 2.90 bits per heavy atom. The van der Waals surface area contributed by atoms with Crippen LogP contribution in [0.15, 0.2) is 48.8 Å². The summed E-state index contributed by atoms with van der Waals surface area (Å²) in [7, 11) is 0. The minimum absolute atomic E-state index is 0.682. The molecule has 3 heteroatoms. The summed E-state index contributed by atoms with van der Waals surface area (Å²) in [5.74, 6) is 1.68. The van der Waals surface area contributed by atoms with Gasteiger partial charge in [0.2, 0.25) is 0 Å². The van der Waals surface area contributed by atoms with Gasteiger partial charge in [0.25, 0.3) is 0 Å². The molecule has 2 aromatic rings. The average Bonchev–Trinajstić information content (AvgIpc) is 3.33. The van der Waals surface area contributed by atoms with Crippen LogP contribution >= 0.6 is 0 Å². The monoisotopic (exact) mass is 280 g/mol. The van der Waals surface area contributed by atoms with Crippen molar-refractivity contribution < 1.29 is 4.74 Å². The van der Waals surface area contributed by atoms with Gasteiger partial charge in [0, 0.05) is 29.9 Å². The van der Waals surface area contributed by atoms with E-state index in [1.165, 1.54) is 12.8 Å². The maximum Gasteiger partial charge on any atom is 0.150 e. The normalized spacial score (nSPS) is 14.5. The molecule has 1 saturated carbocycles. The summed E-state index contributed by atoms with van der Waals surface area (Å²) in [5.41, 5.74) is 2.22. The van der Waals surface area contributed by atoms with E-state index < -0.39 is 0 Å². The van der Waals surface area contributed by atoms with Crippen molar-refractivity contribution in [3.8, 4) is 11.5 Å². The van der Waals surface area contributed by atoms with Gasteiger partial charge in [-0.15, -0.1) is 0 Å². The number of hydrogen-bond donors (Lipinski definition) is 1. The predicted molar refractivity (Wildman–Crippen MR) is 85.3 cm³/mol. The second kappa shape index (κ2) is 6.55. The fourth-order valence-electron chi connectivity index (χ4n) is 2.20. The van der Waals surface area contributed by atoms with E-state index >= 15 is 0 Å². The molecule has 1 N–H and O–H groups in total. The van der Waals surface area contributed by atoms with Crippen LogP contribution in [0, 0.1) is 0 Å². The molecule has 1 aliphatic carbocycles. The molecule has 0 saturated heterocycles. The second-order valence-corrected chi connectivity index (χ2v) is 5.28. The zero-order valence-corrected chi connectivity index (χ0v) is 12.3. The number of para-hydroxylation sites is 1. The van der Waals surface area contributed by atoms with Gasteiger partial charge >= 0.3 is 0 Å². The third kappa shape index (κ3) is 3.70. The molecule has 0 spiro atoms. The Kier molecular flexibility index (Phi) is 4.31. The largest absolute Gasteiger partial charge is 0.455 e. The van der Waals surface area contributed by atoms with Crippen molar-refractivity contribution in [3.63, 3.8) is 0 Å². The first-order valence-corrected chi connectivity index (χ1v) is 7.42. The SMILES string of the molecule is C/C=C/c1ccccc1Oc1cnccc1CNC1CC1. The number of allylic oxidation sites excluding steroid dienone is 1.